The van der Waals surface area contributed by atoms with Crippen LogP contribution in [0.2, 0.25) is 0 Å². The molecule has 2 aromatic carbocycles. The second-order valence-electron chi connectivity index (χ2n) is 8.87. The van der Waals surface area contributed by atoms with Gasteiger partial charge in [-0.1, -0.05) is 0 Å². The van der Waals surface area contributed by atoms with Gasteiger partial charge in [-0.05, 0) is 43.3 Å². The highest BCUT2D eigenvalue weighted by Gasteiger charge is 2.29. The molecule has 0 aliphatic carbocycles. The van der Waals surface area contributed by atoms with Crippen LogP contribution in [0.4, 0.5) is 10.1 Å². The molecule has 1 fully saturated rings. The molecule has 0 bridgehead atoms. The Morgan fingerprint density at radius 2 is 1.89 bits per heavy atom. The van der Waals surface area contributed by atoms with Gasteiger partial charge >= 0.3 is 5.97 Å². The van der Waals surface area contributed by atoms with Crippen LogP contribution in [-0.2, 0) is 11.3 Å². The summed E-state index contributed by atoms with van der Waals surface area (Å²) in [5.74, 6) is -1.31. The number of hydrazone groups is 1. The molecular formula is C25H26FN5O5S. The van der Waals surface area contributed by atoms with E-state index in [1.165, 1.54) is 6.20 Å². The van der Waals surface area contributed by atoms with Gasteiger partial charge < -0.3 is 24.4 Å². The van der Waals surface area contributed by atoms with Crippen LogP contribution < -0.4 is 10.3 Å². The molecule has 3 aromatic rings. The van der Waals surface area contributed by atoms with Gasteiger partial charge in [-0.15, -0.1) is 17.7 Å². The topological polar surface area (TPSA) is 111 Å². The number of carboxylic acid groups (broad SMARTS) is 1. The van der Waals surface area contributed by atoms with Crippen molar-refractivity contribution in [1.29, 1.82) is 0 Å². The van der Waals surface area contributed by atoms with E-state index in [-0.39, 0.29) is 16.7 Å². The van der Waals surface area contributed by atoms with Crippen LogP contribution in [0.15, 0.2) is 52.5 Å². The minimum atomic E-state index is -1.33. The number of carboxylic acids is 1. The zero-order valence-corrected chi connectivity index (χ0v) is 20.9. The third kappa shape index (κ3) is 4.81. The largest absolute Gasteiger partial charge is 0.508 e. The molecular weight excluding hydrogens is 501 g/mol. The van der Waals surface area contributed by atoms with E-state index in [0.29, 0.717) is 56.5 Å². The Labute approximate surface area is 217 Å². The Morgan fingerprint density at radius 3 is 2.54 bits per heavy atom. The summed E-state index contributed by atoms with van der Waals surface area (Å²) in [6, 6.07) is 9.33. The summed E-state index contributed by atoms with van der Waals surface area (Å²) in [6.07, 6.45) is 1.31. The summed E-state index contributed by atoms with van der Waals surface area (Å²) >= 11 is 4.47. The zero-order chi connectivity index (χ0) is 26.3. The van der Waals surface area contributed by atoms with Crippen LogP contribution in [0.5, 0.6) is 5.75 Å². The van der Waals surface area contributed by atoms with E-state index in [1.807, 2.05) is 11.8 Å². The molecule has 0 radical (unpaired) electrons. The number of phenols is 1. The standard InChI is InChI=1S/C25H26FN5O5S/c1-2-29-13-18(24(34)35)22(33)17-11-19(26)21(12-20(17)29)30-9-7-28(8-10-30)14-31-25(37)36-23(27-31)15-3-5-16(32)6-4-15/h3-6,11-13,25,32,37H,2,7-10,14H2,1H3,(H,34,35). The van der Waals surface area contributed by atoms with Crippen molar-refractivity contribution < 1.29 is 24.1 Å². The molecule has 1 unspecified atom stereocenters. The number of hydrogen-bond donors (Lipinski definition) is 3. The number of anilines is 1. The minimum absolute atomic E-state index is 0.0535. The molecule has 1 aromatic heterocycles. The molecule has 194 valence electrons. The third-order valence-electron chi connectivity index (χ3n) is 6.58. The average molecular weight is 528 g/mol. The summed E-state index contributed by atoms with van der Waals surface area (Å²) in [6.45, 7) is 5.11. The van der Waals surface area contributed by atoms with E-state index in [2.05, 4.69) is 22.6 Å². The van der Waals surface area contributed by atoms with Crippen molar-refractivity contribution >= 4 is 41.1 Å². The number of carbonyl (C=O) groups is 1. The van der Waals surface area contributed by atoms with Gasteiger partial charge in [0.2, 0.25) is 16.9 Å². The van der Waals surface area contributed by atoms with E-state index >= 15 is 4.39 Å². The number of ether oxygens (including phenoxy) is 1. The third-order valence-corrected chi connectivity index (χ3v) is 6.96. The summed E-state index contributed by atoms with van der Waals surface area (Å²) in [5.41, 5.74) is -0.0117. The van der Waals surface area contributed by atoms with E-state index in [1.54, 1.807) is 39.9 Å². The first-order chi connectivity index (χ1) is 17.7. The minimum Gasteiger partial charge on any atom is -0.508 e. The number of hydrogen-bond acceptors (Lipinski definition) is 9. The fourth-order valence-corrected chi connectivity index (χ4v) is 4.80. The highest BCUT2D eigenvalue weighted by atomic mass is 32.1. The van der Waals surface area contributed by atoms with Crippen molar-refractivity contribution in [3.63, 3.8) is 0 Å². The number of aromatic carboxylic acids is 1. The Hall–Kier alpha value is -3.77. The first-order valence-corrected chi connectivity index (χ1v) is 12.3. The Bertz CT molecular complexity index is 1440. The summed E-state index contributed by atoms with van der Waals surface area (Å²) in [4.78, 5) is 28.2. The second-order valence-corrected chi connectivity index (χ2v) is 9.31. The number of fused-ring (bicyclic) bond motifs is 1. The van der Waals surface area contributed by atoms with Gasteiger partial charge in [0.1, 0.15) is 17.1 Å². The maximum atomic E-state index is 15.1. The van der Waals surface area contributed by atoms with Gasteiger partial charge in [0.15, 0.2) is 0 Å². The van der Waals surface area contributed by atoms with Crippen LogP contribution in [0.25, 0.3) is 10.9 Å². The fraction of sp³-hybridized carbons (Fsp3) is 0.320. The van der Waals surface area contributed by atoms with Crippen molar-refractivity contribution in [2.75, 3.05) is 37.7 Å². The lowest BCUT2D eigenvalue weighted by Gasteiger charge is -2.37. The smallest absolute Gasteiger partial charge is 0.341 e. The summed E-state index contributed by atoms with van der Waals surface area (Å²) in [7, 11) is 0. The lowest BCUT2D eigenvalue weighted by Crippen LogP contribution is -2.50. The predicted molar refractivity (Wildman–Crippen MR) is 140 cm³/mol. The van der Waals surface area contributed by atoms with Gasteiger partial charge in [-0.3, -0.25) is 9.69 Å². The molecule has 10 nitrogen and oxygen atoms in total. The number of phenolic OH excluding ortho intramolecular Hbond substituents is 1. The zero-order valence-electron chi connectivity index (χ0n) is 20.0. The second kappa shape index (κ2) is 9.94. The van der Waals surface area contributed by atoms with Gasteiger partial charge in [0, 0.05) is 49.9 Å². The van der Waals surface area contributed by atoms with Gasteiger partial charge in [-0.2, -0.15) is 0 Å². The van der Waals surface area contributed by atoms with Crippen LogP contribution >= 0.6 is 12.6 Å². The normalized spacial score (nSPS) is 18.2. The van der Waals surface area contributed by atoms with Crippen molar-refractivity contribution in [2.45, 2.75) is 19.0 Å². The van der Waals surface area contributed by atoms with E-state index in [9.17, 15) is 19.8 Å². The molecule has 1 saturated heterocycles. The lowest BCUT2D eigenvalue weighted by molar-refractivity contribution is 0.0669. The first kappa shape index (κ1) is 24.9. The van der Waals surface area contributed by atoms with Crippen LogP contribution in [0.1, 0.15) is 22.8 Å². The molecule has 5 rings (SSSR count). The van der Waals surface area contributed by atoms with Crippen LogP contribution in [0, 0.1) is 5.82 Å². The number of aryl methyl sites for hydroxylation is 1. The SMILES string of the molecule is CCn1cc(C(=O)O)c(=O)c2cc(F)c(N3CCN(CN4N=C(c5ccc(O)cc5)OC4S)CC3)cc21. The molecule has 0 saturated carbocycles. The number of rotatable bonds is 6. The molecule has 37 heavy (non-hydrogen) atoms. The summed E-state index contributed by atoms with van der Waals surface area (Å²) < 4.78 is 22.5. The molecule has 2 N–H and O–H groups in total. The molecule has 3 heterocycles. The van der Waals surface area contributed by atoms with Crippen LogP contribution in [0.3, 0.4) is 0 Å². The maximum absolute atomic E-state index is 15.1. The molecule has 0 spiro atoms. The highest BCUT2D eigenvalue weighted by Crippen LogP contribution is 2.27. The number of nitrogens with zero attached hydrogens (tertiary/aromatic N) is 5. The lowest BCUT2D eigenvalue weighted by atomic mass is 10.1. The first-order valence-electron chi connectivity index (χ1n) is 11.8. The van der Waals surface area contributed by atoms with Gasteiger partial charge in [-0.25, -0.2) is 14.2 Å². The van der Waals surface area contributed by atoms with Crippen molar-refractivity contribution in [3.05, 3.63) is 69.8 Å². The van der Waals surface area contributed by atoms with E-state index in [0.717, 1.165) is 11.6 Å². The van der Waals surface area contributed by atoms with Crippen molar-refractivity contribution in [1.82, 2.24) is 14.5 Å². The average Bonchev–Trinajstić information content (AvgIpc) is 3.25. The fourth-order valence-electron chi connectivity index (χ4n) is 4.57. The number of benzene rings is 2. The number of aromatic hydroxyl groups is 1. The van der Waals surface area contributed by atoms with Crippen LogP contribution in [-0.4, -0.2) is 75.0 Å². The molecule has 0 amide bonds. The van der Waals surface area contributed by atoms with Gasteiger partial charge in [0.05, 0.1) is 17.9 Å². The van der Waals surface area contributed by atoms with E-state index < -0.39 is 22.8 Å². The Morgan fingerprint density at radius 1 is 1.19 bits per heavy atom. The van der Waals surface area contributed by atoms with Crippen molar-refractivity contribution in [2.24, 2.45) is 5.10 Å². The highest BCUT2D eigenvalue weighted by molar-refractivity contribution is 7.80. The number of thiol groups is 1. The number of piperazine rings is 1. The molecule has 2 aliphatic heterocycles. The maximum Gasteiger partial charge on any atom is 0.341 e. The quantitative estimate of drug-likeness (QED) is 0.420. The number of pyridine rings is 1. The Balaban J connectivity index is 1.30. The number of aromatic nitrogens is 1. The Kier molecular flexibility index (Phi) is 6.69. The number of halogens is 1. The predicted octanol–water partition coefficient (Wildman–Crippen LogP) is 2.55. The van der Waals surface area contributed by atoms with Gasteiger partial charge in [0.25, 0.3) is 0 Å². The molecule has 2 aliphatic rings. The van der Waals surface area contributed by atoms with Crippen molar-refractivity contribution in [3.8, 4) is 5.75 Å². The summed E-state index contributed by atoms with van der Waals surface area (Å²) in [5, 5.41) is 25.1. The monoisotopic (exact) mass is 527 g/mol. The molecule has 1 atom stereocenters. The molecule has 12 heteroatoms. The van der Waals surface area contributed by atoms with E-state index in [4.69, 9.17) is 4.74 Å².